The van der Waals surface area contributed by atoms with Gasteiger partial charge in [-0.15, -0.1) is 0 Å². The van der Waals surface area contributed by atoms with Crippen LogP contribution in [-0.4, -0.2) is 58.5 Å². The van der Waals surface area contributed by atoms with Crippen LogP contribution in [0, 0.1) is 5.92 Å². The number of carbonyl (C=O) groups is 1. The van der Waals surface area contributed by atoms with Gasteiger partial charge in [0.05, 0.1) is 11.6 Å². The van der Waals surface area contributed by atoms with Gasteiger partial charge in [-0.1, -0.05) is 18.6 Å². The van der Waals surface area contributed by atoms with Crippen molar-refractivity contribution < 1.29 is 13.2 Å². The molecule has 1 aromatic carbocycles. The third-order valence-corrected chi connectivity index (χ3v) is 6.70. The van der Waals surface area contributed by atoms with Gasteiger partial charge in [0, 0.05) is 32.2 Å². The number of piperazine rings is 1. The zero-order valence-corrected chi connectivity index (χ0v) is 15.3. The summed E-state index contributed by atoms with van der Waals surface area (Å²) in [7, 11) is -2.11. The standard InChI is InChI=1S/C17H26N4O3S/c1-19-25(23,24)16-8-3-2-7-15(16)20-9-11-21(12-10-20)17(22)13-5-4-6-14(13)18/h2-3,7-8,13-14,19H,4-6,9-12,18H2,1H3/t13-,14-/m0/s1. The van der Waals surface area contributed by atoms with E-state index in [4.69, 9.17) is 5.73 Å². The van der Waals surface area contributed by atoms with Gasteiger partial charge >= 0.3 is 0 Å². The first-order valence-electron chi connectivity index (χ1n) is 8.76. The van der Waals surface area contributed by atoms with Crippen molar-refractivity contribution in [2.75, 3.05) is 38.1 Å². The van der Waals surface area contributed by atoms with Crippen molar-refractivity contribution in [1.82, 2.24) is 9.62 Å². The van der Waals surface area contributed by atoms with Crippen LogP contribution in [0.2, 0.25) is 0 Å². The largest absolute Gasteiger partial charge is 0.367 e. The maximum atomic E-state index is 12.6. The van der Waals surface area contributed by atoms with E-state index < -0.39 is 10.0 Å². The topological polar surface area (TPSA) is 95.7 Å². The third-order valence-electron chi connectivity index (χ3n) is 5.24. The molecular weight excluding hydrogens is 340 g/mol. The van der Waals surface area contributed by atoms with E-state index in [1.54, 1.807) is 12.1 Å². The summed E-state index contributed by atoms with van der Waals surface area (Å²) in [6.07, 6.45) is 2.82. The second-order valence-corrected chi connectivity index (χ2v) is 8.54. The molecule has 1 aliphatic carbocycles. The molecular formula is C17H26N4O3S. The van der Waals surface area contributed by atoms with Crippen molar-refractivity contribution in [1.29, 1.82) is 0 Å². The van der Waals surface area contributed by atoms with Gasteiger partial charge in [0.15, 0.2) is 0 Å². The molecule has 3 rings (SSSR count). The lowest BCUT2D eigenvalue weighted by Gasteiger charge is -2.38. The number of rotatable bonds is 4. The number of sulfonamides is 1. The fourth-order valence-electron chi connectivity index (χ4n) is 3.75. The van der Waals surface area contributed by atoms with Crippen molar-refractivity contribution >= 4 is 21.6 Å². The SMILES string of the molecule is CNS(=O)(=O)c1ccccc1N1CCN(C(=O)[C@H]2CCC[C@@H]2N)CC1. The molecule has 3 N–H and O–H groups in total. The number of amides is 1. The summed E-state index contributed by atoms with van der Waals surface area (Å²) in [6, 6.07) is 6.95. The predicted octanol–water partition coefficient (Wildman–Crippen LogP) is 0.371. The van der Waals surface area contributed by atoms with Crippen molar-refractivity contribution in [2.24, 2.45) is 11.7 Å². The van der Waals surface area contributed by atoms with E-state index in [0.29, 0.717) is 31.9 Å². The Morgan fingerprint density at radius 1 is 1.16 bits per heavy atom. The Morgan fingerprint density at radius 3 is 2.44 bits per heavy atom. The highest BCUT2D eigenvalue weighted by molar-refractivity contribution is 7.89. The number of hydrogen-bond donors (Lipinski definition) is 2. The molecule has 1 saturated carbocycles. The molecule has 8 heteroatoms. The molecule has 0 spiro atoms. The zero-order chi connectivity index (χ0) is 18.0. The van der Waals surface area contributed by atoms with Crippen LogP contribution in [0.25, 0.3) is 0 Å². The van der Waals surface area contributed by atoms with Gasteiger partial charge in [-0.05, 0) is 32.0 Å². The molecule has 1 amide bonds. The van der Waals surface area contributed by atoms with Crippen LogP contribution in [0.1, 0.15) is 19.3 Å². The number of benzene rings is 1. The fourth-order valence-corrected chi connectivity index (χ4v) is 4.70. The molecule has 0 bridgehead atoms. The average Bonchev–Trinajstić information content (AvgIpc) is 3.07. The molecule has 2 aliphatic rings. The van der Waals surface area contributed by atoms with Gasteiger partial charge < -0.3 is 15.5 Å². The first-order chi connectivity index (χ1) is 11.9. The molecule has 2 fully saturated rings. The molecule has 0 aromatic heterocycles. The first-order valence-corrected chi connectivity index (χ1v) is 10.2. The maximum absolute atomic E-state index is 12.6. The second kappa shape index (κ2) is 7.31. The number of anilines is 1. The minimum Gasteiger partial charge on any atom is -0.367 e. The summed E-state index contributed by atoms with van der Waals surface area (Å²) >= 11 is 0. The predicted molar refractivity (Wildman–Crippen MR) is 96.8 cm³/mol. The lowest BCUT2D eigenvalue weighted by atomic mass is 10.0. The highest BCUT2D eigenvalue weighted by Gasteiger charge is 2.35. The van der Waals surface area contributed by atoms with E-state index in [2.05, 4.69) is 4.72 Å². The molecule has 25 heavy (non-hydrogen) atoms. The minimum absolute atomic E-state index is 0.0213. The van der Waals surface area contributed by atoms with Crippen molar-refractivity contribution in [3.05, 3.63) is 24.3 Å². The molecule has 1 saturated heterocycles. The maximum Gasteiger partial charge on any atom is 0.242 e. The second-order valence-electron chi connectivity index (χ2n) is 6.69. The number of nitrogens with one attached hydrogen (secondary N) is 1. The number of para-hydroxylation sites is 1. The van der Waals surface area contributed by atoms with Crippen molar-refractivity contribution in [3.8, 4) is 0 Å². The number of nitrogens with zero attached hydrogens (tertiary/aromatic N) is 2. The van der Waals surface area contributed by atoms with Crippen LogP contribution >= 0.6 is 0 Å². The van der Waals surface area contributed by atoms with E-state index in [1.807, 2.05) is 21.9 Å². The third kappa shape index (κ3) is 3.65. The van der Waals surface area contributed by atoms with E-state index in [9.17, 15) is 13.2 Å². The summed E-state index contributed by atoms with van der Waals surface area (Å²) in [5.41, 5.74) is 6.74. The smallest absolute Gasteiger partial charge is 0.242 e. The molecule has 0 radical (unpaired) electrons. The normalized spacial score (nSPS) is 24.6. The van der Waals surface area contributed by atoms with E-state index >= 15 is 0 Å². The van der Waals surface area contributed by atoms with E-state index in [0.717, 1.165) is 19.3 Å². The van der Waals surface area contributed by atoms with Crippen LogP contribution in [-0.2, 0) is 14.8 Å². The monoisotopic (exact) mass is 366 g/mol. The number of carbonyl (C=O) groups excluding carboxylic acids is 1. The summed E-state index contributed by atoms with van der Waals surface area (Å²) in [5, 5.41) is 0. The first kappa shape index (κ1) is 18.2. The van der Waals surface area contributed by atoms with Crippen LogP contribution in [0.4, 0.5) is 5.69 Å². The Balaban J connectivity index is 1.70. The zero-order valence-electron chi connectivity index (χ0n) is 14.5. The molecule has 1 heterocycles. The summed E-state index contributed by atoms with van der Waals surface area (Å²) < 4.78 is 26.8. The van der Waals surface area contributed by atoms with Crippen LogP contribution in [0.3, 0.4) is 0 Å². The van der Waals surface area contributed by atoms with Gasteiger partial charge in [-0.25, -0.2) is 13.1 Å². The summed E-state index contributed by atoms with van der Waals surface area (Å²) in [6.45, 7) is 2.42. The Hall–Kier alpha value is -1.64. The molecule has 1 aliphatic heterocycles. The molecule has 7 nitrogen and oxygen atoms in total. The Morgan fingerprint density at radius 2 is 1.84 bits per heavy atom. The molecule has 2 atom stereocenters. The number of nitrogens with two attached hydrogens (primary N) is 1. The van der Waals surface area contributed by atoms with Gasteiger partial charge in [0.2, 0.25) is 15.9 Å². The molecule has 1 aromatic rings. The highest BCUT2D eigenvalue weighted by Crippen LogP contribution is 2.28. The van der Waals surface area contributed by atoms with Crippen LogP contribution < -0.4 is 15.4 Å². The lowest BCUT2D eigenvalue weighted by molar-refractivity contribution is -0.136. The lowest BCUT2D eigenvalue weighted by Crippen LogP contribution is -2.52. The minimum atomic E-state index is -3.52. The quantitative estimate of drug-likeness (QED) is 0.803. The molecule has 138 valence electrons. The Bertz CT molecular complexity index is 729. The van der Waals surface area contributed by atoms with Gasteiger partial charge in [-0.3, -0.25) is 4.79 Å². The summed E-state index contributed by atoms with van der Waals surface area (Å²) in [4.78, 5) is 16.8. The van der Waals surface area contributed by atoms with Gasteiger partial charge in [-0.2, -0.15) is 0 Å². The van der Waals surface area contributed by atoms with E-state index in [1.165, 1.54) is 7.05 Å². The fraction of sp³-hybridized carbons (Fsp3) is 0.588. The molecule has 0 unspecified atom stereocenters. The number of hydrogen-bond acceptors (Lipinski definition) is 5. The Labute approximate surface area is 149 Å². The van der Waals surface area contributed by atoms with Gasteiger partial charge in [0.25, 0.3) is 0 Å². The Kier molecular flexibility index (Phi) is 5.31. The highest BCUT2D eigenvalue weighted by atomic mass is 32.2. The van der Waals surface area contributed by atoms with Gasteiger partial charge in [0.1, 0.15) is 4.90 Å². The van der Waals surface area contributed by atoms with Crippen LogP contribution in [0.5, 0.6) is 0 Å². The summed E-state index contributed by atoms with van der Waals surface area (Å²) in [5.74, 6) is 0.101. The van der Waals surface area contributed by atoms with E-state index in [-0.39, 0.29) is 22.8 Å². The average molecular weight is 366 g/mol. The van der Waals surface area contributed by atoms with Crippen molar-refractivity contribution in [2.45, 2.75) is 30.2 Å². The van der Waals surface area contributed by atoms with Crippen LogP contribution in [0.15, 0.2) is 29.2 Å². The van der Waals surface area contributed by atoms with Crippen molar-refractivity contribution in [3.63, 3.8) is 0 Å².